The quantitative estimate of drug-likeness (QED) is 0.625. The Morgan fingerprint density at radius 1 is 1.65 bits per heavy atom. The number of hydrogen-bond donors (Lipinski definition) is 3. The molecule has 17 heavy (non-hydrogen) atoms. The van der Waals surface area contributed by atoms with Crippen LogP contribution in [0.5, 0.6) is 0 Å². The van der Waals surface area contributed by atoms with Crippen LogP contribution in [0.3, 0.4) is 0 Å². The summed E-state index contributed by atoms with van der Waals surface area (Å²) in [6, 6.07) is 2.74. The summed E-state index contributed by atoms with van der Waals surface area (Å²) in [5, 5.41) is 12.0. The van der Waals surface area contributed by atoms with Gasteiger partial charge in [-0.05, 0) is 12.5 Å². The van der Waals surface area contributed by atoms with Gasteiger partial charge < -0.3 is 20.1 Å². The maximum absolute atomic E-state index is 11.6. The number of aromatic nitrogens is 1. The van der Waals surface area contributed by atoms with E-state index in [-0.39, 0.29) is 18.1 Å². The predicted octanol–water partition coefficient (Wildman–Crippen LogP) is -0.498. The summed E-state index contributed by atoms with van der Waals surface area (Å²) in [5.41, 5.74) is -0.0213. The van der Waals surface area contributed by atoms with Gasteiger partial charge in [-0.1, -0.05) is 0 Å². The molecule has 3 N–H and O–H groups in total. The lowest BCUT2D eigenvalue weighted by Crippen LogP contribution is -2.29. The number of ether oxygens (including phenoxy) is 1. The number of carbonyl (C=O) groups is 1. The van der Waals surface area contributed by atoms with Crippen LogP contribution < -0.4 is 10.9 Å². The summed E-state index contributed by atoms with van der Waals surface area (Å²) in [4.78, 5) is 25.0. The van der Waals surface area contributed by atoms with E-state index in [1.54, 1.807) is 0 Å². The number of rotatable bonds is 6. The Bertz CT molecular complexity index is 416. The first-order valence-corrected chi connectivity index (χ1v) is 5.27. The third-order valence-electron chi connectivity index (χ3n) is 2.16. The van der Waals surface area contributed by atoms with Crippen molar-refractivity contribution >= 4 is 5.91 Å². The van der Waals surface area contributed by atoms with Crippen molar-refractivity contribution in [3.8, 4) is 0 Å². The van der Waals surface area contributed by atoms with E-state index >= 15 is 0 Å². The van der Waals surface area contributed by atoms with Crippen molar-refractivity contribution in [3.63, 3.8) is 0 Å². The van der Waals surface area contributed by atoms with Crippen molar-refractivity contribution in [1.82, 2.24) is 10.3 Å². The molecule has 0 bridgehead atoms. The number of pyridine rings is 1. The molecule has 1 heterocycles. The van der Waals surface area contributed by atoms with Crippen molar-refractivity contribution in [3.05, 3.63) is 34.2 Å². The molecule has 1 atom stereocenters. The fourth-order valence-corrected chi connectivity index (χ4v) is 1.32. The maximum Gasteiger partial charge on any atom is 0.251 e. The standard InChI is InChI=1S/C11H16N2O4/c1-17-7-9(14)3-5-13-11(16)8-2-4-12-10(15)6-8/h2,4,6,9,14H,3,5,7H2,1H3,(H,12,15)(H,13,16). The second-order valence-electron chi connectivity index (χ2n) is 3.60. The van der Waals surface area contributed by atoms with Gasteiger partial charge in [0.15, 0.2) is 0 Å². The number of nitrogens with one attached hydrogen (secondary N) is 2. The maximum atomic E-state index is 11.6. The number of aromatic amines is 1. The van der Waals surface area contributed by atoms with Crippen LogP contribution in [0, 0.1) is 0 Å². The zero-order chi connectivity index (χ0) is 12.7. The zero-order valence-electron chi connectivity index (χ0n) is 9.60. The molecule has 6 heteroatoms. The first-order valence-electron chi connectivity index (χ1n) is 5.27. The smallest absolute Gasteiger partial charge is 0.251 e. The van der Waals surface area contributed by atoms with Gasteiger partial charge in [-0.15, -0.1) is 0 Å². The minimum Gasteiger partial charge on any atom is -0.391 e. The molecular formula is C11H16N2O4. The average Bonchev–Trinajstić information content (AvgIpc) is 2.29. The predicted molar refractivity (Wildman–Crippen MR) is 61.9 cm³/mol. The van der Waals surface area contributed by atoms with E-state index < -0.39 is 6.10 Å². The van der Waals surface area contributed by atoms with Crippen LogP contribution in [0.2, 0.25) is 0 Å². The largest absolute Gasteiger partial charge is 0.391 e. The topological polar surface area (TPSA) is 91.4 Å². The van der Waals surface area contributed by atoms with Crippen molar-refractivity contribution in [2.24, 2.45) is 0 Å². The van der Waals surface area contributed by atoms with Gasteiger partial charge in [0.1, 0.15) is 0 Å². The SMILES string of the molecule is COCC(O)CCNC(=O)c1cc[nH]c(=O)c1. The fourth-order valence-electron chi connectivity index (χ4n) is 1.32. The highest BCUT2D eigenvalue weighted by Crippen LogP contribution is 1.94. The molecule has 1 rings (SSSR count). The van der Waals surface area contributed by atoms with E-state index in [0.717, 1.165) is 0 Å². The first kappa shape index (κ1) is 13.4. The lowest BCUT2D eigenvalue weighted by molar-refractivity contribution is 0.0587. The summed E-state index contributed by atoms with van der Waals surface area (Å²) < 4.78 is 4.75. The number of methoxy groups -OCH3 is 1. The van der Waals surface area contributed by atoms with Crippen LogP contribution in [0.4, 0.5) is 0 Å². The van der Waals surface area contributed by atoms with E-state index in [4.69, 9.17) is 4.74 Å². The number of hydrogen-bond acceptors (Lipinski definition) is 4. The molecule has 0 aliphatic heterocycles. The van der Waals surface area contributed by atoms with Gasteiger partial charge in [-0.2, -0.15) is 0 Å². The van der Waals surface area contributed by atoms with E-state index in [2.05, 4.69) is 10.3 Å². The van der Waals surface area contributed by atoms with Gasteiger partial charge in [-0.3, -0.25) is 9.59 Å². The zero-order valence-corrected chi connectivity index (χ0v) is 9.60. The molecule has 1 aromatic rings. The van der Waals surface area contributed by atoms with Crippen molar-refractivity contribution in [2.45, 2.75) is 12.5 Å². The highest BCUT2D eigenvalue weighted by Gasteiger charge is 2.07. The summed E-state index contributed by atoms with van der Waals surface area (Å²) in [6.07, 6.45) is 1.22. The van der Waals surface area contributed by atoms with Gasteiger partial charge in [0, 0.05) is 31.5 Å². The molecule has 6 nitrogen and oxygen atoms in total. The molecule has 0 saturated carbocycles. The van der Waals surface area contributed by atoms with Crippen LogP contribution in [-0.4, -0.2) is 42.4 Å². The average molecular weight is 240 g/mol. The van der Waals surface area contributed by atoms with Gasteiger partial charge in [0.05, 0.1) is 12.7 Å². The normalized spacial score (nSPS) is 12.1. The molecule has 0 aromatic carbocycles. The van der Waals surface area contributed by atoms with Crippen LogP contribution in [-0.2, 0) is 4.74 Å². The highest BCUT2D eigenvalue weighted by atomic mass is 16.5. The van der Waals surface area contributed by atoms with Crippen LogP contribution in [0.25, 0.3) is 0 Å². The van der Waals surface area contributed by atoms with E-state index in [0.29, 0.717) is 18.5 Å². The van der Waals surface area contributed by atoms with Gasteiger partial charge in [0.25, 0.3) is 5.91 Å². The van der Waals surface area contributed by atoms with Crippen LogP contribution in [0.1, 0.15) is 16.8 Å². The molecule has 0 aliphatic carbocycles. The molecule has 0 saturated heterocycles. The molecule has 0 fully saturated rings. The molecule has 1 unspecified atom stereocenters. The van der Waals surface area contributed by atoms with Crippen molar-refractivity contribution < 1.29 is 14.6 Å². The number of aliphatic hydroxyl groups excluding tert-OH is 1. The monoisotopic (exact) mass is 240 g/mol. The highest BCUT2D eigenvalue weighted by molar-refractivity contribution is 5.93. The van der Waals surface area contributed by atoms with Gasteiger partial charge >= 0.3 is 0 Å². The fraction of sp³-hybridized carbons (Fsp3) is 0.455. The Morgan fingerprint density at radius 2 is 2.41 bits per heavy atom. The summed E-state index contributed by atoms with van der Waals surface area (Å²) in [6.45, 7) is 0.567. The third-order valence-corrected chi connectivity index (χ3v) is 2.16. The number of amides is 1. The Kier molecular flexibility index (Phi) is 5.38. The minimum atomic E-state index is -0.598. The van der Waals surface area contributed by atoms with Crippen molar-refractivity contribution in [2.75, 3.05) is 20.3 Å². The Labute approximate surface area is 98.6 Å². The van der Waals surface area contributed by atoms with Gasteiger partial charge in [0.2, 0.25) is 5.56 Å². The Morgan fingerprint density at radius 3 is 3.06 bits per heavy atom. The molecule has 1 aromatic heterocycles. The van der Waals surface area contributed by atoms with E-state index in [9.17, 15) is 14.7 Å². The Balaban J connectivity index is 2.38. The lowest BCUT2D eigenvalue weighted by Gasteiger charge is -2.09. The number of carbonyl (C=O) groups excluding carboxylic acids is 1. The third kappa shape index (κ3) is 4.80. The molecule has 94 valence electrons. The summed E-state index contributed by atoms with van der Waals surface area (Å²) >= 11 is 0. The van der Waals surface area contributed by atoms with E-state index in [1.165, 1.54) is 25.4 Å². The second-order valence-corrected chi connectivity index (χ2v) is 3.60. The van der Waals surface area contributed by atoms with Crippen molar-refractivity contribution in [1.29, 1.82) is 0 Å². The van der Waals surface area contributed by atoms with Crippen LogP contribution >= 0.6 is 0 Å². The van der Waals surface area contributed by atoms with Crippen LogP contribution in [0.15, 0.2) is 23.1 Å². The molecule has 0 radical (unpaired) electrons. The molecule has 0 aliphatic rings. The van der Waals surface area contributed by atoms with E-state index in [1.807, 2.05) is 0 Å². The Hall–Kier alpha value is -1.66. The first-order chi connectivity index (χ1) is 8.13. The lowest BCUT2D eigenvalue weighted by atomic mass is 10.2. The molecule has 1 amide bonds. The number of H-pyrrole nitrogens is 1. The molecular weight excluding hydrogens is 224 g/mol. The van der Waals surface area contributed by atoms with Gasteiger partial charge in [-0.25, -0.2) is 0 Å². The summed E-state index contributed by atoms with van der Waals surface area (Å²) in [5.74, 6) is -0.333. The minimum absolute atomic E-state index is 0.237. The number of aliphatic hydroxyl groups is 1. The summed E-state index contributed by atoms with van der Waals surface area (Å²) in [7, 11) is 1.50. The molecule has 0 spiro atoms. The second kappa shape index (κ2) is 6.82.